The molecule has 0 saturated heterocycles. The minimum atomic E-state index is -4.47. The summed E-state index contributed by atoms with van der Waals surface area (Å²) in [5, 5.41) is 15.2. The molecule has 49 heavy (non-hydrogen) atoms. The third-order valence-corrected chi connectivity index (χ3v) is 9.99. The topological polar surface area (TPSA) is 33.6 Å². The zero-order chi connectivity index (χ0) is 34.4. The highest BCUT2D eigenvalue weighted by Gasteiger charge is 2.31. The van der Waals surface area contributed by atoms with Crippen LogP contribution in [-0.4, -0.2) is 9.13 Å². The molecule has 2 aromatic heterocycles. The van der Waals surface area contributed by atoms with Crippen molar-refractivity contribution in [2.75, 3.05) is 0 Å². The molecule has 0 aliphatic heterocycles. The molecule has 6 heteroatoms. The van der Waals surface area contributed by atoms with Crippen LogP contribution >= 0.6 is 0 Å². The Balaban J connectivity index is 1.61. The van der Waals surface area contributed by atoms with Gasteiger partial charge in [0.2, 0.25) is 0 Å². The van der Waals surface area contributed by atoms with E-state index >= 15 is 0 Å². The predicted molar refractivity (Wildman–Crippen MR) is 194 cm³/mol. The highest BCUT2D eigenvalue weighted by molar-refractivity contribution is 6.13. The first-order valence-electron chi connectivity index (χ1n) is 16.3. The Morgan fingerprint density at radius 3 is 1.27 bits per heavy atom. The number of hydrogen-bond acceptors (Lipinski definition) is 1. The van der Waals surface area contributed by atoms with E-state index in [9.17, 15) is 18.4 Å². The average Bonchev–Trinajstić information content (AvgIpc) is 3.60. The first-order chi connectivity index (χ1) is 23.5. The Labute approximate surface area is 282 Å². The molecule has 0 aliphatic rings. The number of aromatic nitrogens is 2. The van der Waals surface area contributed by atoms with Gasteiger partial charge in [0.25, 0.3) is 0 Å². The Kier molecular flexibility index (Phi) is 6.77. The summed E-state index contributed by atoms with van der Waals surface area (Å²) in [6.45, 7) is 10.1. The van der Waals surface area contributed by atoms with Gasteiger partial charge < -0.3 is 9.13 Å². The smallest absolute Gasteiger partial charge is 0.307 e. The second-order valence-electron chi connectivity index (χ2n) is 13.1. The molecular formula is C43H32F3N3. The van der Waals surface area contributed by atoms with Gasteiger partial charge in [-0.15, -0.1) is 0 Å². The maximum atomic E-state index is 13.7. The van der Waals surface area contributed by atoms with Gasteiger partial charge in [-0.1, -0.05) is 78.9 Å². The first-order valence-corrected chi connectivity index (χ1v) is 16.3. The number of rotatable bonds is 3. The predicted octanol–water partition coefficient (Wildman–Crippen LogP) is 12.0. The summed E-state index contributed by atoms with van der Waals surface area (Å²) in [6, 6.07) is 35.4. The lowest BCUT2D eigenvalue weighted by atomic mass is 9.93. The lowest BCUT2D eigenvalue weighted by molar-refractivity contribution is -0.137. The molecule has 0 saturated carbocycles. The van der Waals surface area contributed by atoms with Crippen molar-refractivity contribution in [2.24, 2.45) is 0 Å². The van der Waals surface area contributed by atoms with E-state index in [1.807, 2.05) is 12.1 Å². The molecule has 6 aromatic carbocycles. The Bertz CT molecular complexity index is 2600. The van der Waals surface area contributed by atoms with Gasteiger partial charge in [-0.25, -0.2) is 0 Å². The van der Waals surface area contributed by atoms with Crippen LogP contribution in [0.15, 0.2) is 103 Å². The summed E-state index contributed by atoms with van der Waals surface area (Å²) in [7, 11) is 0. The number of nitrogens with zero attached hydrogens (tertiary/aromatic N) is 3. The van der Waals surface area contributed by atoms with Gasteiger partial charge in [0.05, 0.1) is 50.6 Å². The van der Waals surface area contributed by atoms with Crippen LogP contribution in [0, 0.1) is 45.9 Å². The normalized spacial score (nSPS) is 12.1. The van der Waals surface area contributed by atoms with E-state index in [-0.39, 0.29) is 0 Å². The van der Waals surface area contributed by atoms with Crippen molar-refractivity contribution in [3.63, 3.8) is 0 Å². The Hall–Kier alpha value is -5.80. The molecule has 0 atom stereocenters. The summed E-state index contributed by atoms with van der Waals surface area (Å²) < 4.78 is 45.8. The van der Waals surface area contributed by atoms with Crippen LogP contribution in [0.25, 0.3) is 66.1 Å². The molecule has 240 valence electrons. The summed E-state index contributed by atoms with van der Waals surface area (Å²) >= 11 is 0. The summed E-state index contributed by atoms with van der Waals surface area (Å²) in [5.74, 6) is 0. The van der Waals surface area contributed by atoms with Crippen LogP contribution in [0.2, 0.25) is 0 Å². The van der Waals surface area contributed by atoms with Crippen LogP contribution in [-0.2, 0) is 6.18 Å². The summed E-state index contributed by atoms with van der Waals surface area (Å²) in [6.07, 6.45) is -4.47. The lowest BCUT2D eigenvalue weighted by Gasteiger charge is -2.22. The maximum absolute atomic E-state index is 13.7. The van der Waals surface area contributed by atoms with E-state index in [2.05, 4.69) is 116 Å². The van der Waals surface area contributed by atoms with E-state index in [1.165, 1.54) is 12.1 Å². The highest BCUT2D eigenvalue weighted by Crippen LogP contribution is 2.44. The van der Waals surface area contributed by atoms with E-state index < -0.39 is 11.7 Å². The number of aryl methyl sites for hydroxylation is 5. The number of fused-ring (bicyclic) bond motifs is 6. The zero-order valence-electron chi connectivity index (χ0n) is 27.8. The molecule has 0 radical (unpaired) electrons. The fourth-order valence-electron chi connectivity index (χ4n) is 7.79. The summed E-state index contributed by atoms with van der Waals surface area (Å²) in [4.78, 5) is 0. The van der Waals surface area contributed by atoms with Gasteiger partial charge >= 0.3 is 6.18 Å². The third-order valence-electron chi connectivity index (χ3n) is 9.99. The molecule has 0 spiro atoms. The molecule has 8 aromatic rings. The number of halogens is 3. The van der Waals surface area contributed by atoms with Crippen LogP contribution in [0.1, 0.15) is 38.9 Å². The zero-order valence-corrected chi connectivity index (χ0v) is 27.8. The van der Waals surface area contributed by atoms with Crippen LogP contribution in [0.4, 0.5) is 13.2 Å². The van der Waals surface area contributed by atoms with E-state index in [0.717, 1.165) is 83.3 Å². The molecule has 3 nitrogen and oxygen atoms in total. The second-order valence-corrected chi connectivity index (χ2v) is 13.1. The molecule has 2 heterocycles. The minimum Gasteiger partial charge on any atom is -0.307 e. The monoisotopic (exact) mass is 647 g/mol. The standard InChI is InChI=1S/C43H32F3N3/c1-24-10-6-14-32-33-15-7-11-25(2)40(33)48(39(24)32)37-21-29(23-47)36(31-19-18-30(20-28(31)5)43(44,45)46)22-38(37)49-41-26(3)12-8-16-34(41)35-17-9-13-27(4)42(35)49/h6-22H,1-5H3. The van der Waals surface area contributed by atoms with Crippen LogP contribution in [0.5, 0.6) is 0 Å². The molecule has 0 fully saturated rings. The minimum absolute atomic E-state index is 0.382. The SMILES string of the molecule is Cc1cc(C(F)(F)F)ccc1-c1cc(-n2c3c(C)cccc3c3cccc(C)c32)c(-n2c3c(C)cccc3c3cccc(C)c32)cc1C#N. The maximum Gasteiger partial charge on any atom is 0.416 e. The fourth-order valence-corrected chi connectivity index (χ4v) is 7.79. The Morgan fingerprint density at radius 1 is 0.490 bits per heavy atom. The van der Waals surface area contributed by atoms with Crippen LogP contribution in [0.3, 0.4) is 0 Å². The van der Waals surface area contributed by atoms with Gasteiger partial charge in [-0.05, 0) is 92.3 Å². The van der Waals surface area contributed by atoms with Gasteiger partial charge in [0.1, 0.15) is 0 Å². The molecule has 0 bridgehead atoms. The molecule has 0 N–H and O–H groups in total. The molecule has 0 amide bonds. The quantitative estimate of drug-likeness (QED) is 0.188. The molecule has 0 unspecified atom stereocenters. The van der Waals surface area contributed by atoms with Crippen molar-refractivity contribution in [3.8, 4) is 28.6 Å². The fraction of sp³-hybridized carbons (Fsp3) is 0.140. The van der Waals surface area contributed by atoms with Crippen molar-refractivity contribution in [1.29, 1.82) is 5.26 Å². The van der Waals surface area contributed by atoms with E-state index in [0.29, 0.717) is 22.3 Å². The van der Waals surface area contributed by atoms with Gasteiger partial charge in [-0.3, -0.25) is 0 Å². The largest absolute Gasteiger partial charge is 0.416 e. The molecule has 8 rings (SSSR count). The molecule has 0 aliphatic carbocycles. The second kappa shape index (κ2) is 10.9. The van der Waals surface area contributed by atoms with E-state index in [1.54, 1.807) is 6.92 Å². The highest BCUT2D eigenvalue weighted by atomic mass is 19.4. The van der Waals surface area contributed by atoms with E-state index in [4.69, 9.17) is 0 Å². The number of hydrogen-bond donors (Lipinski definition) is 0. The van der Waals surface area contributed by atoms with Crippen molar-refractivity contribution >= 4 is 43.6 Å². The number of nitriles is 1. The van der Waals surface area contributed by atoms with Gasteiger partial charge in [0, 0.05) is 27.1 Å². The van der Waals surface area contributed by atoms with Gasteiger partial charge in [0.15, 0.2) is 0 Å². The molecular weight excluding hydrogens is 615 g/mol. The van der Waals surface area contributed by atoms with Crippen molar-refractivity contribution < 1.29 is 13.2 Å². The van der Waals surface area contributed by atoms with Crippen LogP contribution < -0.4 is 0 Å². The van der Waals surface area contributed by atoms with Crippen molar-refractivity contribution in [2.45, 2.75) is 40.8 Å². The summed E-state index contributed by atoms with van der Waals surface area (Å²) in [5.41, 5.74) is 11.5. The van der Waals surface area contributed by atoms with Gasteiger partial charge in [-0.2, -0.15) is 18.4 Å². The average molecular weight is 648 g/mol. The van der Waals surface area contributed by atoms with Crippen molar-refractivity contribution in [3.05, 3.63) is 142 Å². The number of benzene rings is 6. The number of alkyl halides is 3. The lowest BCUT2D eigenvalue weighted by Crippen LogP contribution is -2.08. The third kappa shape index (κ3) is 4.49. The first kappa shape index (κ1) is 30.5. The number of para-hydroxylation sites is 4. The Morgan fingerprint density at radius 2 is 0.898 bits per heavy atom. The van der Waals surface area contributed by atoms with Crippen molar-refractivity contribution in [1.82, 2.24) is 9.13 Å².